The molecule has 0 heterocycles. The Hall–Kier alpha value is -0.140. The molecule has 0 saturated carbocycles. The van der Waals surface area contributed by atoms with Gasteiger partial charge in [-0.15, -0.1) is 0 Å². The lowest BCUT2D eigenvalue weighted by Crippen LogP contribution is -2.41. The highest BCUT2D eigenvalue weighted by atomic mass is 32.1. The van der Waals surface area contributed by atoms with E-state index in [9.17, 15) is 4.79 Å². The maximum absolute atomic E-state index is 10.9. The maximum Gasteiger partial charge on any atom is 0.178 e. The second-order valence-corrected chi connectivity index (χ2v) is 2.92. The molecule has 4 N–H and O–H groups in total. The van der Waals surface area contributed by atoms with E-state index in [2.05, 4.69) is 12.6 Å². The van der Waals surface area contributed by atoms with Gasteiger partial charge in [-0.1, -0.05) is 0 Å². The molecule has 0 aliphatic carbocycles. The van der Waals surface area contributed by atoms with Crippen LogP contribution in [0.4, 0.5) is 0 Å². The van der Waals surface area contributed by atoms with Crippen LogP contribution in [0, 0.1) is 0 Å². The molecule has 0 saturated heterocycles. The van der Waals surface area contributed by atoms with Gasteiger partial charge in [0, 0.05) is 0 Å². The van der Waals surface area contributed by atoms with Gasteiger partial charge in [0.25, 0.3) is 0 Å². The highest BCUT2D eigenvalue weighted by Crippen LogP contribution is 2.03. The Labute approximate surface area is 75.1 Å². The predicted molar refractivity (Wildman–Crippen MR) is 44.0 cm³/mol. The van der Waals surface area contributed by atoms with Gasteiger partial charge in [0.1, 0.15) is 12.2 Å². The average Bonchev–Trinajstić information content (AvgIpc) is 2.12. The molecule has 0 amide bonds. The molecule has 0 spiro atoms. The molecule has 0 radical (unpaired) electrons. The molecule has 12 heavy (non-hydrogen) atoms. The Morgan fingerprint density at radius 1 is 1.25 bits per heavy atom. The molecule has 0 rings (SSSR count). The smallest absolute Gasteiger partial charge is 0.178 e. The lowest BCUT2D eigenvalue weighted by atomic mass is 10.1. The molecule has 0 aromatic rings. The van der Waals surface area contributed by atoms with Gasteiger partial charge < -0.3 is 20.4 Å². The summed E-state index contributed by atoms with van der Waals surface area (Å²) in [5.41, 5.74) is 0. The molecule has 0 bridgehead atoms. The van der Waals surface area contributed by atoms with Crippen molar-refractivity contribution in [1.82, 2.24) is 0 Å². The number of thiol groups is 1. The summed E-state index contributed by atoms with van der Waals surface area (Å²) in [5.74, 6) is -0.803. The van der Waals surface area contributed by atoms with E-state index < -0.39 is 36.5 Å². The maximum atomic E-state index is 10.9. The van der Waals surface area contributed by atoms with E-state index in [1.807, 2.05) is 0 Å². The molecular weight excluding hydrogens is 184 g/mol. The number of carbonyl (C=O) groups excluding carboxylic acids is 1. The Kier molecular flexibility index (Phi) is 5.43. The van der Waals surface area contributed by atoms with E-state index in [0.717, 1.165) is 0 Å². The highest BCUT2D eigenvalue weighted by Gasteiger charge is 2.27. The van der Waals surface area contributed by atoms with Crippen molar-refractivity contribution in [2.75, 3.05) is 13.2 Å². The average molecular weight is 196 g/mol. The molecule has 6 heteroatoms. The van der Waals surface area contributed by atoms with Gasteiger partial charge in [0.05, 0.1) is 18.5 Å². The van der Waals surface area contributed by atoms with Crippen LogP contribution < -0.4 is 0 Å². The van der Waals surface area contributed by atoms with E-state index in [0.29, 0.717) is 0 Å². The Morgan fingerprint density at radius 2 is 1.75 bits per heavy atom. The first kappa shape index (κ1) is 11.9. The summed E-state index contributed by atoms with van der Waals surface area (Å²) in [4.78, 5) is 10.9. The number of ketones is 1. The van der Waals surface area contributed by atoms with E-state index in [1.54, 1.807) is 0 Å². The molecule has 3 unspecified atom stereocenters. The van der Waals surface area contributed by atoms with Gasteiger partial charge in [0.15, 0.2) is 5.78 Å². The van der Waals surface area contributed by atoms with Crippen LogP contribution in [0.2, 0.25) is 0 Å². The van der Waals surface area contributed by atoms with Gasteiger partial charge in [-0.05, 0) is 0 Å². The second-order valence-electron chi connectivity index (χ2n) is 2.30. The van der Waals surface area contributed by atoms with Crippen LogP contribution in [0.1, 0.15) is 0 Å². The summed E-state index contributed by atoms with van der Waals surface area (Å²) in [5, 5.41) is 33.6. The third-order valence-corrected chi connectivity index (χ3v) is 1.76. The Morgan fingerprint density at radius 3 is 2.08 bits per heavy atom. The van der Waals surface area contributed by atoms with Crippen molar-refractivity contribution in [2.24, 2.45) is 0 Å². The van der Waals surface area contributed by atoms with E-state index in [1.165, 1.54) is 0 Å². The fourth-order valence-corrected chi connectivity index (χ4v) is 0.729. The van der Waals surface area contributed by atoms with Crippen LogP contribution in [-0.2, 0) is 4.79 Å². The number of rotatable bonds is 5. The number of aliphatic hydroxyl groups is 4. The molecule has 0 fully saturated rings. The van der Waals surface area contributed by atoms with Gasteiger partial charge in [-0.2, -0.15) is 12.6 Å². The Balaban J connectivity index is 4.09. The van der Waals surface area contributed by atoms with Crippen LogP contribution in [0.15, 0.2) is 0 Å². The molecule has 0 aromatic carbocycles. The topological polar surface area (TPSA) is 98.0 Å². The van der Waals surface area contributed by atoms with Gasteiger partial charge in [-0.3, -0.25) is 4.79 Å². The first-order valence-corrected chi connectivity index (χ1v) is 3.85. The van der Waals surface area contributed by atoms with Crippen LogP contribution in [0.3, 0.4) is 0 Å². The summed E-state index contributed by atoms with van der Waals surface area (Å²) in [7, 11) is 0. The standard InChI is InChI=1S/C6H12O5S/c7-1-3(9)5(10)6(11)4(12)2-8/h3-5,7-10,12H,1-2H2. The van der Waals surface area contributed by atoms with Crippen LogP contribution in [0.5, 0.6) is 0 Å². The van der Waals surface area contributed by atoms with Crippen LogP contribution in [0.25, 0.3) is 0 Å². The number of Topliss-reactive ketones (excluding diaryl/α,β-unsaturated/α-hetero) is 1. The summed E-state index contributed by atoms with van der Waals surface area (Å²) in [6.45, 7) is -1.23. The van der Waals surface area contributed by atoms with E-state index >= 15 is 0 Å². The normalized spacial score (nSPS) is 18.4. The second kappa shape index (κ2) is 5.50. The number of hydrogen-bond acceptors (Lipinski definition) is 6. The molecule has 0 aliphatic heterocycles. The largest absolute Gasteiger partial charge is 0.395 e. The molecule has 0 aromatic heterocycles. The van der Waals surface area contributed by atoms with Gasteiger partial charge in [0.2, 0.25) is 0 Å². The predicted octanol–water partition coefficient (Wildman–Crippen LogP) is -2.44. The van der Waals surface area contributed by atoms with E-state index in [-0.39, 0.29) is 0 Å². The summed E-state index contributed by atoms with van der Waals surface area (Å²) in [6, 6.07) is 0. The van der Waals surface area contributed by atoms with Crippen molar-refractivity contribution in [3.63, 3.8) is 0 Å². The van der Waals surface area contributed by atoms with Crippen molar-refractivity contribution in [3.8, 4) is 0 Å². The SMILES string of the molecule is O=C(C(S)CO)C(O)C(O)CO. The lowest BCUT2D eigenvalue weighted by molar-refractivity contribution is -0.134. The fraction of sp³-hybridized carbons (Fsp3) is 0.833. The van der Waals surface area contributed by atoms with Crippen LogP contribution >= 0.6 is 12.6 Å². The summed E-state index contributed by atoms with van der Waals surface area (Å²) >= 11 is 3.65. The highest BCUT2D eigenvalue weighted by molar-refractivity contribution is 7.81. The van der Waals surface area contributed by atoms with Crippen molar-refractivity contribution >= 4 is 18.4 Å². The number of aliphatic hydroxyl groups excluding tert-OH is 4. The zero-order valence-electron chi connectivity index (χ0n) is 6.29. The minimum absolute atomic E-state index is 0.517. The summed E-state index contributed by atoms with van der Waals surface area (Å²) < 4.78 is 0. The first-order chi connectivity index (χ1) is 5.54. The van der Waals surface area contributed by atoms with Crippen molar-refractivity contribution in [2.45, 2.75) is 17.5 Å². The molecule has 72 valence electrons. The molecule has 5 nitrogen and oxygen atoms in total. The molecular formula is C6H12O5S. The Bertz CT molecular complexity index is 151. The molecule has 3 atom stereocenters. The van der Waals surface area contributed by atoms with Crippen molar-refractivity contribution < 1.29 is 25.2 Å². The van der Waals surface area contributed by atoms with Crippen LogP contribution in [-0.4, -0.2) is 56.9 Å². The lowest BCUT2D eigenvalue weighted by Gasteiger charge is -2.16. The number of carbonyl (C=O) groups is 1. The minimum atomic E-state index is -1.69. The van der Waals surface area contributed by atoms with Crippen molar-refractivity contribution in [1.29, 1.82) is 0 Å². The zero-order chi connectivity index (χ0) is 9.72. The van der Waals surface area contributed by atoms with Crippen molar-refractivity contribution in [3.05, 3.63) is 0 Å². The van der Waals surface area contributed by atoms with E-state index in [4.69, 9.17) is 20.4 Å². The number of hydrogen-bond donors (Lipinski definition) is 5. The molecule has 0 aliphatic rings. The first-order valence-electron chi connectivity index (χ1n) is 3.34. The third-order valence-electron chi connectivity index (χ3n) is 1.34. The fourth-order valence-electron chi connectivity index (χ4n) is 0.577. The zero-order valence-corrected chi connectivity index (χ0v) is 7.19. The summed E-state index contributed by atoms with van der Waals surface area (Å²) in [6.07, 6.45) is -3.21. The van der Waals surface area contributed by atoms with Gasteiger partial charge in [-0.25, -0.2) is 0 Å². The minimum Gasteiger partial charge on any atom is -0.395 e. The quantitative estimate of drug-likeness (QED) is 0.315. The monoisotopic (exact) mass is 196 g/mol. The van der Waals surface area contributed by atoms with Gasteiger partial charge >= 0.3 is 0 Å². The third kappa shape index (κ3) is 3.08.